The Labute approximate surface area is 146 Å². The molecule has 1 N–H and O–H groups in total. The molecule has 3 aliphatic rings. The lowest BCUT2D eigenvalue weighted by Gasteiger charge is -2.32. The Bertz CT molecular complexity index is 826. The van der Waals surface area contributed by atoms with Gasteiger partial charge in [0.25, 0.3) is 11.6 Å². The monoisotopic (exact) mass is 340 g/mol. The van der Waals surface area contributed by atoms with Crippen LogP contribution in [0.15, 0.2) is 10.6 Å². The average molecular weight is 340 g/mol. The quantitative estimate of drug-likeness (QED) is 0.930. The molecule has 2 atom stereocenters. The molecule has 1 saturated carbocycles. The van der Waals surface area contributed by atoms with Crippen molar-refractivity contribution in [3.05, 3.63) is 23.0 Å². The summed E-state index contributed by atoms with van der Waals surface area (Å²) < 4.78 is 5.36. The summed E-state index contributed by atoms with van der Waals surface area (Å²) in [4.78, 5) is 20.2. The maximum Gasteiger partial charge on any atom is 0.259 e. The molecule has 1 aliphatic carbocycles. The summed E-state index contributed by atoms with van der Waals surface area (Å²) in [5.41, 5.74) is 2.89. The molecule has 0 unspecified atom stereocenters. The summed E-state index contributed by atoms with van der Waals surface area (Å²) in [6.07, 6.45) is 7.08. The summed E-state index contributed by atoms with van der Waals surface area (Å²) in [5, 5.41) is 8.11. The number of rotatable bonds is 3. The van der Waals surface area contributed by atoms with Crippen molar-refractivity contribution in [3.8, 4) is 0 Å². The maximum atomic E-state index is 13.1. The zero-order valence-electron chi connectivity index (χ0n) is 14.6. The van der Waals surface area contributed by atoms with Gasteiger partial charge in [0.1, 0.15) is 0 Å². The van der Waals surface area contributed by atoms with Crippen molar-refractivity contribution < 1.29 is 9.32 Å². The second-order valence-corrected chi connectivity index (χ2v) is 7.78. The van der Waals surface area contributed by atoms with Crippen LogP contribution < -0.4 is 5.32 Å². The molecule has 0 spiro atoms. The van der Waals surface area contributed by atoms with Gasteiger partial charge in [-0.15, -0.1) is 0 Å². The van der Waals surface area contributed by atoms with E-state index in [-0.39, 0.29) is 11.9 Å². The highest BCUT2D eigenvalue weighted by atomic mass is 16.5. The normalized spacial score (nSPS) is 26.8. The van der Waals surface area contributed by atoms with Gasteiger partial charge in [0.2, 0.25) is 0 Å². The van der Waals surface area contributed by atoms with Crippen molar-refractivity contribution in [2.24, 2.45) is 0 Å². The number of aryl methyl sites for hydroxylation is 1. The molecule has 4 heterocycles. The van der Waals surface area contributed by atoms with Gasteiger partial charge in [-0.2, -0.15) is 0 Å². The summed E-state index contributed by atoms with van der Waals surface area (Å²) in [6.45, 7) is 4.15. The molecule has 3 fully saturated rings. The third-order valence-corrected chi connectivity index (χ3v) is 6.05. The Morgan fingerprint density at radius 3 is 2.96 bits per heavy atom. The maximum absolute atomic E-state index is 13.1. The van der Waals surface area contributed by atoms with Gasteiger partial charge in [0.15, 0.2) is 0 Å². The van der Waals surface area contributed by atoms with E-state index in [4.69, 9.17) is 4.52 Å². The molecule has 2 saturated heterocycles. The minimum atomic E-state index is -0.00183. The van der Waals surface area contributed by atoms with E-state index in [1.54, 1.807) is 0 Å². The van der Waals surface area contributed by atoms with E-state index in [1.165, 1.54) is 25.8 Å². The largest absolute Gasteiger partial charge is 0.348 e. The first-order chi connectivity index (χ1) is 12.2. The van der Waals surface area contributed by atoms with Gasteiger partial charge >= 0.3 is 0 Å². The number of hydrogen-bond acceptors (Lipinski definition) is 5. The van der Waals surface area contributed by atoms with Crippen molar-refractivity contribution in [1.82, 2.24) is 20.4 Å². The van der Waals surface area contributed by atoms with Crippen molar-refractivity contribution in [2.45, 2.75) is 63.5 Å². The number of nitrogens with one attached hydrogen (secondary N) is 1. The molecular formula is C19H24N4O2. The Balaban J connectivity index is 1.45. The van der Waals surface area contributed by atoms with E-state index in [0.717, 1.165) is 42.6 Å². The van der Waals surface area contributed by atoms with Crippen LogP contribution >= 0.6 is 0 Å². The predicted molar refractivity (Wildman–Crippen MR) is 93.6 cm³/mol. The van der Waals surface area contributed by atoms with Gasteiger partial charge in [-0.1, -0.05) is 11.6 Å². The van der Waals surface area contributed by atoms with Gasteiger partial charge in [0.05, 0.1) is 16.6 Å². The number of fused-ring (bicyclic) bond motifs is 2. The molecule has 1 amide bonds. The third kappa shape index (κ3) is 2.63. The van der Waals surface area contributed by atoms with Crippen LogP contribution in [0, 0.1) is 6.92 Å². The zero-order valence-corrected chi connectivity index (χ0v) is 14.6. The van der Waals surface area contributed by atoms with E-state index in [0.29, 0.717) is 23.2 Å². The average Bonchev–Trinajstić information content (AvgIpc) is 3.32. The SMILES string of the molecule is Cc1noc2nc(C3CC3)cc(C(=O)N[C@H]3CCN4CCCC[C@H]34)c12. The zero-order chi connectivity index (χ0) is 17.0. The Morgan fingerprint density at radius 2 is 2.12 bits per heavy atom. The fourth-order valence-electron chi connectivity index (χ4n) is 4.54. The number of piperidine rings is 1. The van der Waals surface area contributed by atoms with Crippen molar-refractivity contribution >= 4 is 17.0 Å². The number of pyridine rings is 1. The highest BCUT2D eigenvalue weighted by Gasteiger charge is 2.37. The van der Waals surface area contributed by atoms with E-state index >= 15 is 0 Å². The standard InChI is InChI=1S/C19H24N4O2/c1-11-17-13(10-15(12-5-6-12)21-19(17)25-22-11)18(24)20-14-7-9-23-8-3-2-4-16(14)23/h10,12,14,16H,2-9H2,1H3,(H,20,24)/t14-,16+/m0/s1. The lowest BCUT2D eigenvalue weighted by Crippen LogP contribution is -2.46. The second kappa shape index (κ2) is 5.80. The summed E-state index contributed by atoms with van der Waals surface area (Å²) in [5.74, 6) is 0.472. The number of hydrogen-bond donors (Lipinski definition) is 1. The topological polar surface area (TPSA) is 71.3 Å². The van der Waals surface area contributed by atoms with Crippen LogP contribution in [0.2, 0.25) is 0 Å². The Morgan fingerprint density at radius 1 is 1.24 bits per heavy atom. The van der Waals surface area contributed by atoms with E-state index < -0.39 is 0 Å². The van der Waals surface area contributed by atoms with Gasteiger partial charge in [-0.05, 0) is 51.6 Å². The van der Waals surface area contributed by atoms with E-state index in [1.807, 2.05) is 13.0 Å². The molecule has 0 aromatic carbocycles. The van der Waals surface area contributed by atoms with Crippen molar-refractivity contribution in [1.29, 1.82) is 0 Å². The predicted octanol–water partition coefficient (Wildman–Crippen LogP) is 2.77. The first-order valence-corrected chi connectivity index (χ1v) is 9.52. The summed E-state index contributed by atoms with van der Waals surface area (Å²) in [6, 6.07) is 2.72. The molecule has 0 radical (unpaired) electrons. The van der Waals surface area contributed by atoms with Crippen LogP contribution in [-0.4, -0.2) is 46.1 Å². The minimum absolute atomic E-state index is 0.00183. The summed E-state index contributed by atoms with van der Waals surface area (Å²) >= 11 is 0. The van der Waals surface area contributed by atoms with E-state index in [2.05, 4.69) is 20.4 Å². The Kier molecular flexibility index (Phi) is 3.55. The number of aromatic nitrogens is 2. The van der Waals surface area contributed by atoms with Crippen LogP contribution in [0.1, 0.15) is 66.2 Å². The molecule has 25 heavy (non-hydrogen) atoms. The van der Waals surface area contributed by atoms with Gasteiger partial charge < -0.3 is 9.84 Å². The van der Waals surface area contributed by atoms with Gasteiger partial charge in [0, 0.05) is 30.2 Å². The molecule has 132 valence electrons. The lowest BCUT2D eigenvalue weighted by molar-refractivity contribution is 0.0916. The van der Waals surface area contributed by atoms with Gasteiger partial charge in [-0.25, -0.2) is 4.98 Å². The van der Waals surface area contributed by atoms with Gasteiger partial charge in [-0.3, -0.25) is 9.69 Å². The number of carbonyl (C=O) groups excluding carboxylic acids is 1. The fourth-order valence-corrected chi connectivity index (χ4v) is 4.54. The summed E-state index contributed by atoms with van der Waals surface area (Å²) in [7, 11) is 0. The molecule has 2 aromatic heterocycles. The van der Waals surface area contributed by atoms with Crippen LogP contribution in [0.25, 0.3) is 11.1 Å². The van der Waals surface area contributed by atoms with Crippen molar-refractivity contribution in [3.63, 3.8) is 0 Å². The lowest BCUT2D eigenvalue weighted by atomic mass is 9.98. The molecule has 6 heteroatoms. The minimum Gasteiger partial charge on any atom is -0.348 e. The molecule has 2 aliphatic heterocycles. The fraction of sp³-hybridized carbons (Fsp3) is 0.632. The molecule has 6 nitrogen and oxygen atoms in total. The molecule has 0 bridgehead atoms. The molecule has 5 rings (SSSR count). The third-order valence-electron chi connectivity index (χ3n) is 6.05. The Hall–Kier alpha value is -1.95. The van der Waals surface area contributed by atoms with Crippen molar-refractivity contribution in [2.75, 3.05) is 13.1 Å². The number of nitrogens with zero attached hydrogens (tertiary/aromatic N) is 3. The number of amides is 1. The number of carbonyl (C=O) groups is 1. The molecular weight excluding hydrogens is 316 g/mol. The van der Waals surface area contributed by atoms with Crippen LogP contribution in [-0.2, 0) is 0 Å². The first-order valence-electron chi connectivity index (χ1n) is 9.52. The second-order valence-electron chi connectivity index (χ2n) is 7.78. The van der Waals surface area contributed by atoms with E-state index in [9.17, 15) is 4.79 Å². The van der Waals surface area contributed by atoms with Crippen LogP contribution in [0.3, 0.4) is 0 Å². The van der Waals surface area contributed by atoms with Crippen LogP contribution in [0.4, 0.5) is 0 Å². The van der Waals surface area contributed by atoms with Crippen LogP contribution in [0.5, 0.6) is 0 Å². The highest BCUT2D eigenvalue weighted by Crippen LogP contribution is 2.40. The smallest absolute Gasteiger partial charge is 0.259 e. The molecule has 2 aromatic rings. The first kappa shape index (κ1) is 15.3. The highest BCUT2D eigenvalue weighted by molar-refractivity contribution is 6.06.